The Morgan fingerprint density at radius 3 is 2.50 bits per heavy atom. The average molecular weight is 332 g/mol. The predicted octanol–water partition coefficient (Wildman–Crippen LogP) is 3.42. The lowest BCUT2D eigenvalue weighted by atomic mass is 10.1. The maximum atomic E-state index is 14.2. The number of nitrogens with one attached hydrogen (secondary N) is 2. The molecule has 0 spiro atoms. The molecule has 0 heterocycles. The Balaban J connectivity index is 2.11. The van der Waals surface area contributed by atoms with Crippen LogP contribution in [-0.4, -0.2) is 26.6 Å². The Morgan fingerprint density at radius 2 is 1.88 bits per heavy atom. The lowest BCUT2D eigenvalue weighted by Crippen LogP contribution is -2.28. The number of para-hydroxylation sites is 2. The Bertz CT molecular complexity index is 706. The standard InChI is InChI=1S/C18H21FN2O3/c1-12(11-20-2)18(22)21-13-8-9-15(14(19)10-13)24-17-7-5-4-6-16(17)23-3/h4-10,12,20H,11H2,1-3H3,(H,21,22). The number of anilines is 1. The van der Waals surface area contributed by atoms with Gasteiger partial charge in [-0.2, -0.15) is 0 Å². The number of hydrogen-bond donors (Lipinski definition) is 2. The normalized spacial score (nSPS) is 11.7. The van der Waals surface area contributed by atoms with Crippen LogP contribution in [0.15, 0.2) is 42.5 Å². The first-order valence-electron chi connectivity index (χ1n) is 7.61. The van der Waals surface area contributed by atoms with Gasteiger partial charge in [0.2, 0.25) is 5.91 Å². The third-order valence-electron chi connectivity index (χ3n) is 3.45. The summed E-state index contributed by atoms with van der Waals surface area (Å²) in [4.78, 5) is 12.0. The maximum absolute atomic E-state index is 14.2. The van der Waals surface area contributed by atoms with Gasteiger partial charge in [0.25, 0.3) is 0 Å². The number of methoxy groups -OCH3 is 1. The van der Waals surface area contributed by atoms with Gasteiger partial charge in [-0.25, -0.2) is 4.39 Å². The van der Waals surface area contributed by atoms with E-state index in [4.69, 9.17) is 9.47 Å². The van der Waals surface area contributed by atoms with Crippen LogP contribution in [0.3, 0.4) is 0 Å². The summed E-state index contributed by atoms with van der Waals surface area (Å²) >= 11 is 0. The molecular weight excluding hydrogens is 311 g/mol. The van der Waals surface area contributed by atoms with E-state index in [1.54, 1.807) is 44.3 Å². The highest BCUT2D eigenvalue weighted by Gasteiger charge is 2.14. The van der Waals surface area contributed by atoms with Crippen molar-refractivity contribution in [2.24, 2.45) is 5.92 Å². The number of hydrogen-bond acceptors (Lipinski definition) is 4. The molecular formula is C18H21FN2O3. The van der Waals surface area contributed by atoms with Crippen LogP contribution in [-0.2, 0) is 4.79 Å². The highest BCUT2D eigenvalue weighted by molar-refractivity contribution is 5.92. The van der Waals surface area contributed by atoms with Crippen molar-refractivity contribution in [3.63, 3.8) is 0 Å². The molecule has 0 fully saturated rings. The highest BCUT2D eigenvalue weighted by atomic mass is 19.1. The van der Waals surface area contributed by atoms with Gasteiger partial charge in [0, 0.05) is 24.2 Å². The summed E-state index contributed by atoms with van der Waals surface area (Å²) in [6.45, 7) is 2.34. The van der Waals surface area contributed by atoms with Crippen molar-refractivity contribution in [1.82, 2.24) is 5.32 Å². The molecule has 0 saturated heterocycles. The van der Waals surface area contributed by atoms with Crippen molar-refractivity contribution in [2.45, 2.75) is 6.92 Å². The van der Waals surface area contributed by atoms with Gasteiger partial charge < -0.3 is 20.1 Å². The lowest BCUT2D eigenvalue weighted by molar-refractivity contribution is -0.119. The molecule has 0 saturated carbocycles. The molecule has 2 rings (SSSR count). The quantitative estimate of drug-likeness (QED) is 0.816. The van der Waals surface area contributed by atoms with Gasteiger partial charge in [-0.15, -0.1) is 0 Å². The number of carbonyl (C=O) groups is 1. The topological polar surface area (TPSA) is 59.6 Å². The Kier molecular flexibility index (Phi) is 6.14. The first-order valence-corrected chi connectivity index (χ1v) is 7.61. The zero-order valence-corrected chi connectivity index (χ0v) is 13.9. The van der Waals surface area contributed by atoms with Crippen molar-refractivity contribution in [3.05, 3.63) is 48.3 Å². The molecule has 0 aliphatic heterocycles. The van der Waals surface area contributed by atoms with E-state index in [2.05, 4.69) is 10.6 Å². The van der Waals surface area contributed by atoms with Gasteiger partial charge in [-0.3, -0.25) is 4.79 Å². The Hall–Kier alpha value is -2.60. The largest absolute Gasteiger partial charge is 0.493 e. The van der Waals surface area contributed by atoms with E-state index in [9.17, 15) is 9.18 Å². The first-order chi connectivity index (χ1) is 11.5. The highest BCUT2D eigenvalue weighted by Crippen LogP contribution is 2.33. The average Bonchev–Trinajstić information content (AvgIpc) is 2.58. The van der Waals surface area contributed by atoms with Gasteiger partial charge in [-0.1, -0.05) is 19.1 Å². The monoisotopic (exact) mass is 332 g/mol. The zero-order chi connectivity index (χ0) is 17.5. The summed E-state index contributed by atoms with van der Waals surface area (Å²) in [7, 11) is 3.29. The molecule has 2 N–H and O–H groups in total. The summed E-state index contributed by atoms with van der Waals surface area (Å²) in [5.41, 5.74) is 0.382. The fourth-order valence-corrected chi connectivity index (χ4v) is 2.15. The van der Waals surface area contributed by atoms with E-state index in [0.717, 1.165) is 0 Å². The van der Waals surface area contributed by atoms with Crippen molar-refractivity contribution >= 4 is 11.6 Å². The molecule has 2 aromatic rings. The molecule has 0 aliphatic rings. The molecule has 0 bridgehead atoms. The summed E-state index contributed by atoms with van der Waals surface area (Å²) < 4.78 is 25.0. The number of halogens is 1. The van der Waals surface area contributed by atoms with E-state index in [1.165, 1.54) is 19.2 Å². The Labute approximate surface area is 140 Å². The van der Waals surface area contributed by atoms with E-state index in [0.29, 0.717) is 23.7 Å². The van der Waals surface area contributed by atoms with Crippen LogP contribution in [0.4, 0.5) is 10.1 Å². The van der Waals surface area contributed by atoms with Crippen LogP contribution >= 0.6 is 0 Å². The second-order valence-electron chi connectivity index (χ2n) is 5.35. The molecule has 24 heavy (non-hydrogen) atoms. The van der Waals surface area contributed by atoms with Crippen molar-refractivity contribution in [3.8, 4) is 17.2 Å². The molecule has 0 radical (unpaired) electrons. The first kappa shape index (κ1) is 17.7. The number of ether oxygens (including phenoxy) is 2. The number of benzene rings is 2. The molecule has 6 heteroatoms. The number of amides is 1. The second kappa shape index (κ2) is 8.31. The van der Waals surface area contributed by atoms with Crippen LogP contribution in [0, 0.1) is 11.7 Å². The van der Waals surface area contributed by atoms with Gasteiger partial charge in [0.05, 0.1) is 7.11 Å². The zero-order valence-electron chi connectivity index (χ0n) is 13.9. The van der Waals surface area contributed by atoms with E-state index in [-0.39, 0.29) is 17.6 Å². The van der Waals surface area contributed by atoms with Crippen molar-refractivity contribution in [2.75, 3.05) is 26.0 Å². The van der Waals surface area contributed by atoms with Crippen LogP contribution in [0.1, 0.15) is 6.92 Å². The maximum Gasteiger partial charge on any atom is 0.228 e. The fourth-order valence-electron chi connectivity index (χ4n) is 2.15. The van der Waals surface area contributed by atoms with E-state index in [1.807, 2.05) is 0 Å². The van der Waals surface area contributed by atoms with E-state index < -0.39 is 5.82 Å². The minimum atomic E-state index is -0.569. The SMILES string of the molecule is CNCC(C)C(=O)Nc1ccc(Oc2ccccc2OC)c(F)c1. The van der Waals surface area contributed by atoms with Crippen LogP contribution in [0.2, 0.25) is 0 Å². The summed E-state index contributed by atoms with van der Waals surface area (Å²) in [5, 5.41) is 5.61. The molecule has 1 atom stereocenters. The van der Waals surface area contributed by atoms with Crippen LogP contribution in [0.5, 0.6) is 17.2 Å². The smallest absolute Gasteiger partial charge is 0.228 e. The fraction of sp³-hybridized carbons (Fsp3) is 0.278. The number of rotatable bonds is 7. The molecule has 128 valence electrons. The summed E-state index contributed by atoms with van der Waals surface area (Å²) in [6, 6.07) is 11.3. The third-order valence-corrected chi connectivity index (χ3v) is 3.45. The molecule has 1 unspecified atom stereocenters. The summed E-state index contributed by atoms with van der Waals surface area (Å²) in [5.74, 6) is 0.0129. The van der Waals surface area contributed by atoms with Gasteiger partial charge in [-0.05, 0) is 31.3 Å². The number of carbonyl (C=O) groups excluding carboxylic acids is 1. The minimum absolute atomic E-state index is 0.0563. The van der Waals surface area contributed by atoms with Crippen molar-refractivity contribution < 1.29 is 18.7 Å². The molecule has 2 aromatic carbocycles. The third kappa shape index (κ3) is 4.45. The van der Waals surface area contributed by atoms with E-state index >= 15 is 0 Å². The lowest BCUT2D eigenvalue weighted by Gasteiger charge is -2.13. The Morgan fingerprint density at radius 1 is 1.17 bits per heavy atom. The van der Waals surface area contributed by atoms with Gasteiger partial charge in [0.1, 0.15) is 0 Å². The van der Waals surface area contributed by atoms with Gasteiger partial charge >= 0.3 is 0 Å². The van der Waals surface area contributed by atoms with Gasteiger partial charge in [0.15, 0.2) is 23.1 Å². The second-order valence-corrected chi connectivity index (χ2v) is 5.35. The minimum Gasteiger partial charge on any atom is -0.493 e. The van der Waals surface area contributed by atoms with Crippen molar-refractivity contribution in [1.29, 1.82) is 0 Å². The molecule has 5 nitrogen and oxygen atoms in total. The predicted molar refractivity (Wildman–Crippen MR) is 91.2 cm³/mol. The van der Waals surface area contributed by atoms with Crippen LogP contribution in [0.25, 0.3) is 0 Å². The molecule has 1 amide bonds. The molecule has 0 aliphatic carbocycles. The molecule has 0 aromatic heterocycles. The summed E-state index contributed by atoms with van der Waals surface area (Å²) in [6.07, 6.45) is 0. The van der Waals surface area contributed by atoms with Crippen LogP contribution < -0.4 is 20.1 Å².